The number of aromatic nitrogens is 5. The summed E-state index contributed by atoms with van der Waals surface area (Å²) in [5.41, 5.74) is 2.98. The van der Waals surface area contributed by atoms with Gasteiger partial charge in [0.2, 0.25) is 11.8 Å². The summed E-state index contributed by atoms with van der Waals surface area (Å²) in [5, 5.41) is 22.2. The molecular weight excluding hydrogens is 479 g/mol. The smallest absolute Gasteiger partial charge is 0.354 e. The Morgan fingerprint density at radius 3 is 3.03 bits per heavy atom. The number of hydrogen-bond donors (Lipinski definition) is 3. The molecule has 0 saturated heterocycles. The first-order chi connectivity index (χ1) is 16.8. The van der Waals surface area contributed by atoms with E-state index in [2.05, 4.69) is 29.7 Å². The van der Waals surface area contributed by atoms with Crippen LogP contribution < -0.4 is 15.2 Å². The fourth-order valence-electron chi connectivity index (χ4n) is 4.27. The van der Waals surface area contributed by atoms with Crippen molar-refractivity contribution in [2.45, 2.75) is 50.3 Å². The van der Waals surface area contributed by atoms with Gasteiger partial charge in [-0.05, 0) is 31.2 Å². The summed E-state index contributed by atoms with van der Waals surface area (Å²) in [4.78, 5) is 25.3. The Morgan fingerprint density at radius 2 is 2.23 bits per heavy atom. The van der Waals surface area contributed by atoms with Crippen molar-refractivity contribution in [2.24, 2.45) is 9.50 Å². The number of anilines is 1. The Hall–Kier alpha value is -3.49. The fraction of sp³-hybridized carbons (Fsp3) is 0.381. The molecule has 4 heterocycles. The number of carbonyl (C=O) groups is 1. The van der Waals surface area contributed by atoms with Gasteiger partial charge in [-0.3, -0.25) is 4.98 Å². The number of aryl methyl sites for hydroxylation is 1. The van der Waals surface area contributed by atoms with Gasteiger partial charge in [0.1, 0.15) is 19.0 Å². The summed E-state index contributed by atoms with van der Waals surface area (Å²) in [7, 11) is -3.73. The summed E-state index contributed by atoms with van der Waals surface area (Å²) in [5.74, 6) is -0.382. The average molecular weight is 503 g/mol. The van der Waals surface area contributed by atoms with Gasteiger partial charge in [0.25, 0.3) is 0 Å². The van der Waals surface area contributed by atoms with E-state index in [0.29, 0.717) is 29.8 Å². The number of amides is 2. The van der Waals surface area contributed by atoms with E-state index in [9.17, 15) is 18.5 Å². The molecule has 2 unspecified atom stereocenters. The lowest BCUT2D eigenvalue weighted by atomic mass is 10.0. The van der Waals surface area contributed by atoms with Crippen molar-refractivity contribution < 1.29 is 23.2 Å². The van der Waals surface area contributed by atoms with Crippen LogP contribution in [0.5, 0.6) is 5.88 Å². The highest BCUT2D eigenvalue weighted by molar-refractivity contribution is 7.91. The number of fused-ring (bicyclic) bond motifs is 2. The highest BCUT2D eigenvalue weighted by Gasteiger charge is 2.26. The lowest BCUT2D eigenvalue weighted by Gasteiger charge is -2.19. The molecule has 12 nitrogen and oxygen atoms in total. The van der Waals surface area contributed by atoms with Crippen LogP contribution in [0.1, 0.15) is 30.2 Å². The molecule has 1 aliphatic heterocycles. The molecule has 3 aromatic rings. The zero-order chi connectivity index (χ0) is 24.7. The van der Waals surface area contributed by atoms with E-state index in [1.54, 1.807) is 6.92 Å². The van der Waals surface area contributed by atoms with E-state index in [0.717, 1.165) is 30.4 Å². The molecule has 0 aromatic carbocycles. The number of nitrogens with zero attached hydrogens (tertiary/aromatic N) is 6. The normalized spacial score (nSPS) is 18.2. The highest BCUT2D eigenvalue weighted by Crippen LogP contribution is 2.37. The SMILES string of the molecule is CCc1c(F)ncnc1-c1cnc2c(c1NC(=O)N=S(N)(=O)c1cc3n(n1)CC(O)CO3)CCC2. The molecule has 0 bridgehead atoms. The summed E-state index contributed by atoms with van der Waals surface area (Å²) in [6, 6.07) is 0.371. The Labute approximate surface area is 200 Å². The van der Waals surface area contributed by atoms with Crippen molar-refractivity contribution in [3.63, 3.8) is 0 Å². The molecule has 3 aromatic heterocycles. The van der Waals surface area contributed by atoms with E-state index in [1.807, 2.05) is 0 Å². The van der Waals surface area contributed by atoms with Crippen LogP contribution in [0.3, 0.4) is 0 Å². The number of ether oxygens (including phenoxy) is 1. The molecule has 14 heteroatoms. The van der Waals surface area contributed by atoms with Crippen molar-refractivity contribution in [3.05, 3.63) is 41.4 Å². The van der Waals surface area contributed by atoms with Crippen LogP contribution in [0, 0.1) is 5.95 Å². The van der Waals surface area contributed by atoms with E-state index < -0.39 is 28.0 Å². The van der Waals surface area contributed by atoms with Gasteiger partial charge in [0.15, 0.2) is 14.9 Å². The molecule has 1 aliphatic carbocycles. The lowest BCUT2D eigenvalue weighted by Crippen LogP contribution is -2.30. The van der Waals surface area contributed by atoms with Gasteiger partial charge in [-0.1, -0.05) is 6.92 Å². The minimum atomic E-state index is -3.73. The number of carbonyl (C=O) groups excluding carboxylic acids is 1. The highest BCUT2D eigenvalue weighted by atomic mass is 32.2. The van der Waals surface area contributed by atoms with Gasteiger partial charge < -0.3 is 15.2 Å². The van der Waals surface area contributed by atoms with Gasteiger partial charge >= 0.3 is 6.03 Å². The maximum atomic E-state index is 14.4. The van der Waals surface area contributed by atoms with Crippen LogP contribution in [-0.4, -0.2) is 52.8 Å². The number of hydrogen-bond acceptors (Lipinski definition) is 8. The summed E-state index contributed by atoms with van der Waals surface area (Å²) >= 11 is 0. The van der Waals surface area contributed by atoms with Crippen LogP contribution in [0.15, 0.2) is 28.0 Å². The van der Waals surface area contributed by atoms with Crippen LogP contribution in [0.4, 0.5) is 14.9 Å². The zero-order valence-corrected chi connectivity index (χ0v) is 19.6. The largest absolute Gasteiger partial charge is 0.475 e. The Balaban J connectivity index is 1.53. The van der Waals surface area contributed by atoms with E-state index >= 15 is 0 Å². The average Bonchev–Trinajstić information content (AvgIpc) is 3.46. The molecule has 2 aliphatic rings. The Morgan fingerprint density at radius 1 is 1.40 bits per heavy atom. The van der Waals surface area contributed by atoms with Gasteiger partial charge in [-0.15, -0.1) is 4.36 Å². The van der Waals surface area contributed by atoms with Crippen molar-refractivity contribution in [1.29, 1.82) is 0 Å². The molecule has 0 fully saturated rings. The molecule has 184 valence electrons. The van der Waals surface area contributed by atoms with Crippen molar-refractivity contribution in [2.75, 3.05) is 11.9 Å². The van der Waals surface area contributed by atoms with Gasteiger partial charge in [-0.25, -0.2) is 28.8 Å². The maximum Gasteiger partial charge on any atom is 0.354 e. The molecule has 5 rings (SSSR count). The molecular formula is C21H23FN8O4S. The lowest BCUT2D eigenvalue weighted by molar-refractivity contribution is 0.0556. The first-order valence-electron chi connectivity index (χ1n) is 11.0. The molecule has 0 spiro atoms. The maximum absolute atomic E-state index is 14.4. The third-order valence-corrected chi connectivity index (χ3v) is 7.12. The van der Waals surface area contributed by atoms with Crippen molar-refractivity contribution in [1.82, 2.24) is 24.7 Å². The number of rotatable bonds is 4. The zero-order valence-electron chi connectivity index (χ0n) is 18.8. The molecule has 0 saturated carbocycles. The number of aliphatic hydroxyl groups excluding tert-OH is 1. The first kappa shape index (κ1) is 23.3. The number of aliphatic hydroxyl groups is 1. The van der Waals surface area contributed by atoms with Gasteiger partial charge in [-0.2, -0.15) is 9.49 Å². The molecule has 35 heavy (non-hydrogen) atoms. The van der Waals surface area contributed by atoms with E-state index in [-0.39, 0.29) is 29.6 Å². The number of pyridine rings is 1. The second kappa shape index (κ2) is 8.94. The van der Waals surface area contributed by atoms with Crippen LogP contribution in [0.2, 0.25) is 0 Å². The Kier molecular flexibility index (Phi) is 5.94. The van der Waals surface area contributed by atoms with E-state index in [4.69, 9.17) is 9.88 Å². The first-order valence-corrected chi connectivity index (χ1v) is 12.6. The van der Waals surface area contributed by atoms with Crippen molar-refractivity contribution in [3.8, 4) is 17.1 Å². The predicted octanol–water partition coefficient (Wildman–Crippen LogP) is 1.61. The number of halogens is 1. The molecule has 2 atom stereocenters. The molecule has 4 N–H and O–H groups in total. The topological polar surface area (TPSA) is 170 Å². The molecule has 2 amide bonds. The van der Waals surface area contributed by atoms with Crippen molar-refractivity contribution >= 4 is 21.6 Å². The summed E-state index contributed by atoms with van der Waals surface area (Å²) < 4.78 is 37.8. The van der Waals surface area contributed by atoms with Gasteiger partial charge in [0, 0.05) is 29.1 Å². The minimum absolute atomic E-state index is 0.0633. The molecule has 0 radical (unpaired) electrons. The third-order valence-electron chi connectivity index (χ3n) is 5.89. The minimum Gasteiger partial charge on any atom is -0.475 e. The number of nitrogens with two attached hydrogens (primary N) is 1. The van der Waals surface area contributed by atoms with E-state index in [1.165, 1.54) is 16.9 Å². The fourth-order valence-corrected chi connectivity index (χ4v) is 5.14. The number of nitrogens with one attached hydrogen (secondary N) is 1. The quantitative estimate of drug-likeness (QED) is 0.452. The second-order valence-corrected chi connectivity index (χ2v) is 9.97. The standard InChI is InChI=1S/C21H23FN8O4S/c1-2-12-18(25-10-26-20(12)22)14-7-24-15-5-3-4-13(15)19(14)27-21(32)29-35(23,33)16-6-17-30(28-16)8-11(31)9-34-17/h6-7,10-11,31H,2-5,8-9H2,1H3,(H3,23,24,27,29,32,33). The summed E-state index contributed by atoms with van der Waals surface area (Å²) in [6.45, 7) is 1.98. The summed E-state index contributed by atoms with van der Waals surface area (Å²) in [6.07, 6.45) is 4.42. The number of urea groups is 1. The predicted molar refractivity (Wildman–Crippen MR) is 122 cm³/mol. The Bertz CT molecular complexity index is 1450. The second-order valence-electron chi connectivity index (χ2n) is 8.23. The van der Waals surface area contributed by atoms with Crippen LogP contribution in [-0.2, 0) is 35.7 Å². The van der Waals surface area contributed by atoms with Gasteiger partial charge in [0.05, 0.1) is 17.9 Å². The monoisotopic (exact) mass is 502 g/mol. The van der Waals surface area contributed by atoms with Crippen LogP contribution >= 0.6 is 0 Å². The third kappa shape index (κ3) is 4.35. The van der Waals surface area contributed by atoms with Crippen LogP contribution in [0.25, 0.3) is 11.3 Å².